The second-order valence-electron chi connectivity index (χ2n) is 5.62. The molecule has 0 saturated carbocycles. The summed E-state index contributed by atoms with van der Waals surface area (Å²) in [5.74, 6) is -0.0756. The van der Waals surface area contributed by atoms with Gasteiger partial charge >= 0.3 is 0 Å². The summed E-state index contributed by atoms with van der Waals surface area (Å²) >= 11 is 5.91. The zero-order valence-corrected chi connectivity index (χ0v) is 15.5. The molecule has 0 aliphatic carbocycles. The van der Waals surface area contributed by atoms with Gasteiger partial charge < -0.3 is 9.80 Å². The number of halogens is 1. The number of likely N-dealkylation sites (N-methyl/N-ethyl adjacent to an activating group) is 1. The molecule has 0 spiro atoms. The molecule has 0 saturated heterocycles. The zero-order valence-electron chi connectivity index (χ0n) is 14.0. The van der Waals surface area contributed by atoms with Gasteiger partial charge in [-0.15, -0.1) is 0 Å². The van der Waals surface area contributed by atoms with E-state index in [1.165, 1.54) is 19.1 Å². The van der Waals surface area contributed by atoms with Crippen LogP contribution < -0.4 is 4.72 Å². The molecule has 1 aromatic rings. The van der Waals surface area contributed by atoms with E-state index in [-0.39, 0.29) is 17.3 Å². The first-order chi connectivity index (χ1) is 10.6. The molecule has 1 N–H and O–H groups in total. The van der Waals surface area contributed by atoms with E-state index in [2.05, 4.69) is 4.72 Å². The summed E-state index contributed by atoms with van der Waals surface area (Å²) in [4.78, 5) is 15.3. The third-order valence-corrected chi connectivity index (χ3v) is 5.26. The van der Waals surface area contributed by atoms with Crippen LogP contribution in [0.15, 0.2) is 23.1 Å². The average Bonchev–Trinajstić information content (AvgIpc) is 2.44. The van der Waals surface area contributed by atoms with E-state index >= 15 is 0 Å². The molecule has 0 radical (unpaired) electrons. The predicted molar refractivity (Wildman–Crippen MR) is 92.2 cm³/mol. The highest BCUT2D eigenvalue weighted by Crippen LogP contribution is 2.19. The third-order valence-electron chi connectivity index (χ3n) is 3.38. The molecule has 1 rings (SSSR count). The van der Waals surface area contributed by atoms with E-state index < -0.39 is 10.0 Å². The minimum Gasteiger partial charge on any atom is -0.340 e. The number of hydrogen-bond acceptors (Lipinski definition) is 4. The van der Waals surface area contributed by atoms with Crippen LogP contribution in [0.5, 0.6) is 0 Å². The number of nitrogens with one attached hydrogen (secondary N) is 1. The molecule has 0 aromatic heterocycles. The van der Waals surface area contributed by atoms with Gasteiger partial charge in [0.2, 0.25) is 15.9 Å². The maximum atomic E-state index is 12.2. The van der Waals surface area contributed by atoms with Crippen LogP contribution in [0.2, 0.25) is 5.02 Å². The van der Waals surface area contributed by atoms with Crippen molar-refractivity contribution in [2.24, 2.45) is 0 Å². The van der Waals surface area contributed by atoms with Crippen molar-refractivity contribution in [2.45, 2.75) is 18.7 Å². The van der Waals surface area contributed by atoms with Gasteiger partial charge in [0.25, 0.3) is 0 Å². The smallest absolute Gasteiger partial charge is 0.240 e. The lowest BCUT2D eigenvalue weighted by molar-refractivity contribution is -0.128. The lowest BCUT2D eigenvalue weighted by Gasteiger charge is -2.23. The zero-order chi connectivity index (χ0) is 17.6. The number of carbonyl (C=O) groups excluding carboxylic acids is 1. The molecule has 0 atom stereocenters. The number of rotatable bonds is 8. The molecule has 1 amide bonds. The predicted octanol–water partition coefficient (Wildman–Crippen LogP) is 1.34. The van der Waals surface area contributed by atoms with Gasteiger partial charge in [-0.05, 0) is 44.8 Å². The fourth-order valence-corrected chi connectivity index (χ4v) is 3.15. The van der Waals surface area contributed by atoms with Crippen LogP contribution in [0.3, 0.4) is 0 Å². The molecule has 6 nitrogen and oxygen atoms in total. The van der Waals surface area contributed by atoms with Gasteiger partial charge in [-0.25, -0.2) is 13.1 Å². The number of benzene rings is 1. The largest absolute Gasteiger partial charge is 0.340 e. The summed E-state index contributed by atoms with van der Waals surface area (Å²) in [5, 5.41) is 0.524. The lowest BCUT2D eigenvalue weighted by Crippen LogP contribution is -2.40. The summed E-state index contributed by atoms with van der Waals surface area (Å²) in [5.41, 5.74) is 0.700. The molecule has 8 heteroatoms. The molecular formula is C15H24ClN3O3S. The van der Waals surface area contributed by atoms with Crippen molar-refractivity contribution in [3.63, 3.8) is 0 Å². The Morgan fingerprint density at radius 3 is 2.39 bits per heavy atom. The van der Waals surface area contributed by atoms with Crippen molar-refractivity contribution in [2.75, 3.05) is 40.3 Å². The topological polar surface area (TPSA) is 69.7 Å². The molecule has 0 aliphatic rings. The average molecular weight is 362 g/mol. The van der Waals surface area contributed by atoms with Crippen molar-refractivity contribution in [3.05, 3.63) is 28.8 Å². The Morgan fingerprint density at radius 1 is 1.22 bits per heavy atom. The highest BCUT2D eigenvalue weighted by molar-refractivity contribution is 7.89. The summed E-state index contributed by atoms with van der Waals surface area (Å²) in [6.07, 6.45) is 0. The quantitative estimate of drug-likeness (QED) is 0.758. The van der Waals surface area contributed by atoms with Crippen LogP contribution in [0.4, 0.5) is 0 Å². The van der Waals surface area contributed by atoms with Gasteiger partial charge in [-0.3, -0.25) is 4.79 Å². The molecular weight excluding hydrogens is 338 g/mol. The van der Waals surface area contributed by atoms with Gasteiger partial charge in [0.1, 0.15) is 0 Å². The number of nitrogens with zero attached hydrogens (tertiary/aromatic N) is 2. The number of carbonyl (C=O) groups is 1. The molecule has 0 heterocycles. The Kier molecular flexibility index (Phi) is 7.47. The molecule has 0 aliphatic heterocycles. The Labute approximate surface area is 143 Å². The monoisotopic (exact) mass is 361 g/mol. The van der Waals surface area contributed by atoms with Gasteiger partial charge in [-0.1, -0.05) is 11.6 Å². The maximum absolute atomic E-state index is 12.2. The fraction of sp³-hybridized carbons (Fsp3) is 0.533. The highest BCUT2D eigenvalue weighted by atomic mass is 35.5. The molecule has 0 fully saturated rings. The molecule has 0 bridgehead atoms. The SMILES string of the molecule is CC(=O)N(CCNS(=O)(=O)c1ccc(Cl)c(C)c1)CCN(C)C. The van der Waals surface area contributed by atoms with Crippen LogP contribution in [-0.2, 0) is 14.8 Å². The van der Waals surface area contributed by atoms with E-state index in [0.717, 1.165) is 6.54 Å². The number of sulfonamides is 1. The second-order valence-corrected chi connectivity index (χ2v) is 7.79. The van der Waals surface area contributed by atoms with E-state index in [9.17, 15) is 13.2 Å². The Hall–Kier alpha value is -1.15. The van der Waals surface area contributed by atoms with Crippen LogP contribution in [-0.4, -0.2) is 64.4 Å². The van der Waals surface area contributed by atoms with Crippen molar-refractivity contribution >= 4 is 27.5 Å². The van der Waals surface area contributed by atoms with Crippen molar-refractivity contribution in [1.82, 2.24) is 14.5 Å². The maximum Gasteiger partial charge on any atom is 0.240 e. The number of aryl methyl sites for hydroxylation is 1. The lowest BCUT2D eigenvalue weighted by atomic mass is 10.2. The molecule has 0 unspecified atom stereocenters. The van der Waals surface area contributed by atoms with Crippen molar-refractivity contribution in [1.29, 1.82) is 0 Å². The second kappa shape index (κ2) is 8.63. The van der Waals surface area contributed by atoms with Crippen LogP contribution in [0.25, 0.3) is 0 Å². The minimum atomic E-state index is -3.61. The van der Waals surface area contributed by atoms with E-state index in [1.807, 2.05) is 19.0 Å². The normalized spacial score (nSPS) is 11.7. The standard InChI is InChI=1S/C15H24ClN3O3S/c1-12-11-14(5-6-15(12)16)23(21,22)17-7-8-19(13(2)20)10-9-18(3)4/h5-6,11,17H,7-10H2,1-4H3. The minimum absolute atomic E-state index is 0.0756. The van der Waals surface area contributed by atoms with E-state index in [4.69, 9.17) is 11.6 Å². The molecule has 130 valence electrons. The van der Waals surface area contributed by atoms with Crippen molar-refractivity contribution < 1.29 is 13.2 Å². The van der Waals surface area contributed by atoms with Gasteiger partial charge in [0, 0.05) is 38.1 Å². The van der Waals surface area contributed by atoms with Gasteiger partial charge in [-0.2, -0.15) is 0 Å². The first-order valence-electron chi connectivity index (χ1n) is 7.29. The van der Waals surface area contributed by atoms with Gasteiger partial charge in [0.05, 0.1) is 4.90 Å². The Bertz CT molecular complexity index is 647. The summed E-state index contributed by atoms with van der Waals surface area (Å²) < 4.78 is 27.0. The first-order valence-corrected chi connectivity index (χ1v) is 9.15. The molecule has 1 aromatic carbocycles. The summed E-state index contributed by atoms with van der Waals surface area (Å²) in [7, 11) is 0.232. The van der Waals surface area contributed by atoms with Crippen LogP contribution >= 0.6 is 11.6 Å². The summed E-state index contributed by atoms with van der Waals surface area (Å²) in [6, 6.07) is 4.55. The highest BCUT2D eigenvalue weighted by Gasteiger charge is 2.16. The van der Waals surface area contributed by atoms with Crippen LogP contribution in [0.1, 0.15) is 12.5 Å². The number of amides is 1. The van der Waals surface area contributed by atoms with E-state index in [1.54, 1.807) is 17.9 Å². The van der Waals surface area contributed by atoms with Crippen LogP contribution in [0, 0.1) is 6.92 Å². The first kappa shape index (κ1) is 19.9. The summed E-state index contributed by atoms with van der Waals surface area (Å²) in [6.45, 7) is 5.01. The van der Waals surface area contributed by atoms with Gasteiger partial charge in [0.15, 0.2) is 0 Å². The number of hydrogen-bond donors (Lipinski definition) is 1. The fourth-order valence-electron chi connectivity index (χ4n) is 1.93. The third kappa shape index (κ3) is 6.47. The van der Waals surface area contributed by atoms with Crippen molar-refractivity contribution in [3.8, 4) is 0 Å². The van der Waals surface area contributed by atoms with E-state index in [0.29, 0.717) is 23.7 Å². The Balaban J connectivity index is 2.64. The Morgan fingerprint density at radius 2 is 1.87 bits per heavy atom. The molecule has 23 heavy (non-hydrogen) atoms.